The predicted molar refractivity (Wildman–Crippen MR) is 74.2 cm³/mol. The highest BCUT2D eigenvalue weighted by atomic mass is 32.1. The molecule has 1 aromatic carbocycles. The maximum Gasteiger partial charge on any atom is 0.189 e. The maximum absolute atomic E-state index is 11.9. The number of aryl methyl sites for hydroxylation is 1. The fraction of sp³-hybridized carbons (Fsp3) is 0.143. The number of hydrogen-bond acceptors (Lipinski definition) is 3. The summed E-state index contributed by atoms with van der Waals surface area (Å²) in [6.07, 6.45) is 1.87. The molecule has 0 spiro atoms. The number of hydrogen-bond donors (Lipinski definition) is 0. The third-order valence-electron chi connectivity index (χ3n) is 3.02. The summed E-state index contributed by atoms with van der Waals surface area (Å²) >= 11 is 1.63. The van der Waals surface area contributed by atoms with Crippen molar-refractivity contribution in [1.29, 1.82) is 0 Å². The fourth-order valence-electron chi connectivity index (χ4n) is 2.14. The number of thiazole rings is 1. The van der Waals surface area contributed by atoms with E-state index in [1.807, 2.05) is 42.9 Å². The summed E-state index contributed by atoms with van der Waals surface area (Å²) < 4.78 is 2.16. The van der Waals surface area contributed by atoms with E-state index in [9.17, 15) is 4.79 Å². The van der Waals surface area contributed by atoms with Gasteiger partial charge in [0, 0.05) is 28.2 Å². The van der Waals surface area contributed by atoms with Gasteiger partial charge in [0.05, 0.1) is 17.6 Å². The van der Waals surface area contributed by atoms with Crippen LogP contribution in [-0.2, 0) is 6.54 Å². The van der Waals surface area contributed by atoms with Gasteiger partial charge in [0.2, 0.25) is 0 Å². The molecule has 90 valence electrons. The third-order valence-corrected chi connectivity index (χ3v) is 3.79. The number of rotatable bonds is 2. The molecule has 0 fully saturated rings. The van der Waals surface area contributed by atoms with Crippen LogP contribution in [0.5, 0.6) is 0 Å². The van der Waals surface area contributed by atoms with Crippen LogP contribution in [0.4, 0.5) is 0 Å². The Morgan fingerprint density at radius 3 is 2.94 bits per heavy atom. The maximum atomic E-state index is 11.9. The lowest BCUT2D eigenvalue weighted by Crippen LogP contribution is -2.12. The number of pyridine rings is 1. The average molecular weight is 256 g/mol. The molecule has 0 aliphatic carbocycles. The lowest BCUT2D eigenvalue weighted by Gasteiger charge is -2.13. The van der Waals surface area contributed by atoms with Crippen LogP contribution < -0.4 is 5.43 Å². The van der Waals surface area contributed by atoms with E-state index in [1.54, 1.807) is 17.4 Å². The predicted octanol–water partition coefficient (Wildman–Crippen LogP) is 2.81. The summed E-state index contributed by atoms with van der Waals surface area (Å²) in [4.78, 5) is 17.2. The van der Waals surface area contributed by atoms with Gasteiger partial charge < -0.3 is 4.57 Å². The quantitative estimate of drug-likeness (QED) is 0.706. The molecule has 18 heavy (non-hydrogen) atoms. The summed E-state index contributed by atoms with van der Waals surface area (Å²) in [5.41, 5.74) is 3.88. The molecular formula is C14H12N2OS. The molecule has 0 N–H and O–H groups in total. The van der Waals surface area contributed by atoms with Crippen molar-refractivity contribution in [3.05, 3.63) is 62.8 Å². The highest BCUT2D eigenvalue weighted by Crippen LogP contribution is 2.16. The first-order valence-corrected chi connectivity index (χ1v) is 6.60. The summed E-state index contributed by atoms with van der Waals surface area (Å²) in [6.45, 7) is 2.73. The van der Waals surface area contributed by atoms with Crippen molar-refractivity contribution < 1.29 is 0 Å². The molecule has 3 aromatic rings. The van der Waals surface area contributed by atoms with E-state index in [0.717, 1.165) is 23.1 Å². The highest BCUT2D eigenvalue weighted by molar-refractivity contribution is 7.09. The van der Waals surface area contributed by atoms with Crippen LogP contribution in [0.2, 0.25) is 0 Å². The van der Waals surface area contributed by atoms with Crippen molar-refractivity contribution >= 4 is 22.2 Å². The van der Waals surface area contributed by atoms with Crippen molar-refractivity contribution in [2.24, 2.45) is 0 Å². The Hall–Kier alpha value is -1.94. The highest BCUT2D eigenvalue weighted by Gasteiger charge is 2.06. The van der Waals surface area contributed by atoms with Crippen molar-refractivity contribution in [2.45, 2.75) is 13.5 Å². The molecular weight excluding hydrogens is 244 g/mol. The summed E-state index contributed by atoms with van der Waals surface area (Å²) in [7, 11) is 0. The molecule has 0 aliphatic heterocycles. The summed E-state index contributed by atoms with van der Waals surface area (Å²) in [6, 6.07) is 9.43. The molecule has 0 radical (unpaired) electrons. The van der Waals surface area contributed by atoms with Gasteiger partial charge in [0.15, 0.2) is 5.43 Å². The van der Waals surface area contributed by atoms with Gasteiger partial charge in [-0.15, -0.1) is 11.3 Å². The average Bonchev–Trinajstić information content (AvgIpc) is 2.87. The fourth-order valence-corrected chi connectivity index (χ4v) is 2.72. The first-order valence-electron chi connectivity index (χ1n) is 5.72. The molecule has 3 rings (SSSR count). The van der Waals surface area contributed by atoms with E-state index in [2.05, 4.69) is 9.55 Å². The van der Waals surface area contributed by atoms with Gasteiger partial charge in [0.25, 0.3) is 0 Å². The molecule has 0 saturated heterocycles. The second kappa shape index (κ2) is 4.38. The number of aromatic nitrogens is 2. The van der Waals surface area contributed by atoms with Crippen LogP contribution in [0.25, 0.3) is 10.9 Å². The van der Waals surface area contributed by atoms with Gasteiger partial charge in [-0.2, -0.15) is 0 Å². The zero-order valence-electron chi connectivity index (χ0n) is 9.96. The molecule has 0 amide bonds. The third kappa shape index (κ3) is 1.84. The zero-order chi connectivity index (χ0) is 12.5. The minimum Gasteiger partial charge on any atom is -0.339 e. The smallest absolute Gasteiger partial charge is 0.189 e. The van der Waals surface area contributed by atoms with Crippen molar-refractivity contribution in [2.75, 3.05) is 0 Å². The number of fused-ring (bicyclic) bond motifs is 1. The van der Waals surface area contributed by atoms with Crippen molar-refractivity contribution in [3.8, 4) is 0 Å². The second-order valence-electron chi connectivity index (χ2n) is 4.22. The van der Waals surface area contributed by atoms with Gasteiger partial charge in [-0.05, 0) is 19.1 Å². The first kappa shape index (κ1) is 11.2. The molecule has 0 saturated carbocycles. The Morgan fingerprint density at radius 1 is 1.33 bits per heavy atom. The van der Waals surface area contributed by atoms with Crippen LogP contribution >= 0.6 is 11.3 Å². The minimum absolute atomic E-state index is 0.0867. The van der Waals surface area contributed by atoms with Gasteiger partial charge in [0.1, 0.15) is 0 Å². The van der Waals surface area contributed by atoms with Crippen molar-refractivity contribution in [3.63, 3.8) is 0 Å². The van der Waals surface area contributed by atoms with Crippen LogP contribution in [-0.4, -0.2) is 9.55 Å². The topological polar surface area (TPSA) is 34.9 Å². The Morgan fingerprint density at radius 2 is 2.17 bits per heavy atom. The van der Waals surface area contributed by atoms with E-state index in [4.69, 9.17) is 0 Å². The van der Waals surface area contributed by atoms with Crippen LogP contribution in [0, 0.1) is 6.92 Å². The Bertz CT molecular complexity index is 744. The second-order valence-corrected chi connectivity index (χ2v) is 5.19. The van der Waals surface area contributed by atoms with Crippen LogP contribution in [0.15, 0.2) is 46.8 Å². The standard InChI is InChI=1S/C14H12N2OS/c1-10-6-14(17)12-4-2-3-5-13(12)16(10)8-11-7-15-9-18-11/h2-7,9H,8H2,1H3. The molecule has 2 heterocycles. The molecule has 4 heteroatoms. The minimum atomic E-state index is 0.0867. The normalized spacial score (nSPS) is 10.9. The Labute approximate surface area is 108 Å². The van der Waals surface area contributed by atoms with E-state index in [0.29, 0.717) is 0 Å². The molecule has 2 aromatic heterocycles. The molecule has 3 nitrogen and oxygen atoms in total. The zero-order valence-corrected chi connectivity index (χ0v) is 10.8. The summed E-state index contributed by atoms with van der Waals surface area (Å²) in [5.74, 6) is 0. The van der Waals surface area contributed by atoms with E-state index in [1.165, 1.54) is 4.88 Å². The lowest BCUT2D eigenvalue weighted by molar-refractivity contribution is 0.802. The number of para-hydroxylation sites is 1. The van der Waals surface area contributed by atoms with Crippen LogP contribution in [0.1, 0.15) is 10.6 Å². The number of nitrogens with zero attached hydrogens (tertiary/aromatic N) is 2. The van der Waals surface area contributed by atoms with E-state index in [-0.39, 0.29) is 5.43 Å². The molecule has 0 bridgehead atoms. The van der Waals surface area contributed by atoms with Crippen LogP contribution in [0.3, 0.4) is 0 Å². The Kier molecular flexibility index (Phi) is 2.72. The van der Waals surface area contributed by atoms with E-state index >= 15 is 0 Å². The molecule has 0 atom stereocenters. The Balaban J connectivity index is 2.25. The first-order chi connectivity index (χ1) is 8.75. The van der Waals surface area contributed by atoms with Crippen molar-refractivity contribution in [1.82, 2.24) is 9.55 Å². The van der Waals surface area contributed by atoms with Gasteiger partial charge in [-0.25, -0.2) is 0 Å². The summed E-state index contributed by atoms with van der Waals surface area (Å²) in [5, 5.41) is 0.771. The van der Waals surface area contributed by atoms with Gasteiger partial charge >= 0.3 is 0 Å². The number of benzene rings is 1. The molecule has 0 unspecified atom stereocenters. The largest absolute Gasteiger partial charge is 0.339 e. The monoisotopic (exact) mass is 256 g/mol. The lowest BCUT2D eigenvalue weighted by atomic mass is 10.2. The SMILES string of the molecule is Cc1cc(=O)c2ccccc2n1Cc1cncs1. The van der Waals surface area contributed by atoms with E-state index < -0.39 is 0 Å². The molecule has 0 aliphatic rings. The van der Waals surface area contributed by atoms with Gasteiger partial charge in [-0.3, -0.25) is 9.78 Å². The van der Waals surface area contributed by atoms with Gasteiger partial charge in [-0.1, -0.05) is 12.1 Å².